The van der Waals surface area contributed by atoms with E-state index in [-0.39, 0.29) is 19.0 Å². The van der Waals surface area contributed by atoms with E-state index >= 15 is 0 Å². The first kappa shape index (κ1) is 20.5. The van der Waals surface area contributed by atoms with E-state index in [0.29, 0.717) is 30.0 Å². The van der Waals surface area contributed by atoms with Crippen molar-refractivity contribution in [1.82, 2.24) is 5.32 Å². The summed E-state index contributed by atoms with van der Waals surface area (Å²) in [6, 6.07) is 16.3. The first-order valence-electron chi connectivity index (χ1n) is 8.41. The summed E-state index contributed by atoms with van der Waals surface area (Å²) in [6.07, 6.45) is -0.225. The Morgan fingerprint density at radius 3 is 2.31 bits per heavy atom. The number of hydrogen-bond acceptors (Lipinski definition) is 4. The fourth-order valence-electron chi connectivity index (χ4n) is 2.94. The standard InChI is InChI=1S/C18H23N3O3S.ClH/c1-2-19-14-16(22)12-13-20-17-10-6-7-11-18(17)21(25(20,23)24)15-8-4-3-5-9-15;/h3-11,16,19,22H,2,12-14H2,1H3;1H. The molecule has 1 aliphatic rings. The van der Waals surface area contributed by atoms with Crippen LogP contribution in [-0.4, -0.2) is 39.3 Å². The minimum absolute atomic E-state index is 0. The minimum Gasteiger partial charge on any atom is -0.392 e. The molecule has 1 heterocycles. The lowest BCUT2D eigenvalue weighted by atomic mass is 10.2. The zero-order valence-electron chi connectivity index (χ0n) is 14.6. The van der Waals surface area contributed by atoms with Crippen LogP contribution < -0.4 is 13.9 Å². The Morgan fingerprint density at radius 2 is 1.65 bits per heavy atom. The Kier molecular flexibility index (Phi) is 6.88. The highest BCUT2D eigenvalue weighted by Crippen LogP contribution is 2.44. The third kappa shape index (κ3) is 3.96. The Morgan fingerprint density at radius 1 is 1.04 bits per heavy atom. The van der Waals surface area contributed by atoms with Crippen molar-refractivity contribution in [3.05, 3.63) is 54.6 Å². The molecular weight excluding hydrogens is 374 g/mol. The summed E-state index contributed by atoms with van der Waals surface area (Å²) in [6.45, 7) is 3.42. The van der Waals surface area contributed by atoms with Crippen molar-refractivity contribution < 1.29 is 13.5 Å². The summed E-state index contributed by atoms with van der Waals surface area (Å²) in [5.41, 5.74) is 1.88. The number of para-hydroxylation sites is 3. The molecule has 0 bridgehead atoms. The van der Waals surface area contributed by atoms with Crippen LogP contribution in [0.3, 0.4) is 0 Å². The van der Waals surface area contributed by atoms with Crippen molar-refractivity contribution in [2.24, 2.45) is 0 Å². The summed E-state index contributed by atoms with van der Waals surface area (Å²) in [4.78, 5) is 0. The largest absolute Gasteiger partial charge is 0.392 e. The molecule has 0 amide bonds. The number of hydrogen-bond donors (Lipinski definition) is 2. The van der Waals surface area contributed by atoms with Gasteiger partial charge in [0, 0.05) is 13.1 Å². The van der Waals surface area contributed by atoms with Crippen molar-refractivity contribution in [2.45, 2.75) is 19.4 Å². The second-order valence-corrected chi connectivity index (χ2v) is 7.62. The summed E-state index contributed by atoms with van der Waals surface area (Å²) in [5, 5.41) is 13.1. The van der Waals surface area contributed by atoms with Gasteiger partial charge in [-0.15, -0.1) is 12.4 Å². The summed E-state index contributed by atoms with van der Waals surface area (Å²) < 4.78 is 29.0. The van der Waals surface area contributed by atoms with Crippen molar-refractivity contribution in [3.63, 3.8) is 0 Å². The number of halogens is 1. The van der Waals surface area contributed by atoms with Gasteiger partial charge in [-0.05, 0) is 37.2 Å². The van der Waals surface area contributed by atoms with Gasteiger partial charge in [0.05, 0.1) is 23.2 Å². The SMILES string of the molecule is CCNCC(O)CCN1c2ccccc2N(c2ccccc2)S1(=O)=O.Cl. The number of anilines is 3. The third-order valence-electron chi connectivity index (χ3n) is 4.16. The number of nitrogens with one attached hydrogen (secondary N) is 1. The molecule has 0 aliphatic carbocycles. The lowest BCUT2D eigenvalue weighted by Gasteiger charge is -2.22. The van der Waals surface area contributed by atoms with E-state index in [4.69, 9.17) is 0 Å². The molecule has 8 heteroatoms. The van der Waals surface area contributed by atoms with Crippen LogP contribution in [0.15, 0.2) is 54.6 Å². The van der Waals surface area contributed by atoms with E-state index < -0.39 is 16.3 Å². The van der Waals surface area contributed by atoms with Crippen molar-refractivity contribution in [2.75, 3.05) is 28.2 Å². The van der Waals surface area contributed by atoms with E-state index in [0.717, 1.165) is 6.54 Å². The highest BCUT2D eigenvalue weighted by molar-refractivity contribution is 7.95. The molecule has 1 unspecified atom stereocenters. The fourth-order valence-corrected chi connectivity index (χ4v) is 4.67. The van der Waals surface area contributed by atoms with E-state index in [2.05, 4.69) is 5.32 Å². The maximum atomic E-state index is 13.1. The molecule has 6 nitrogen and oxygen atoms in total. The molecule has 0 aromatic heterocycles. The lowest BCUT2D eigenvalue weighted by Crippen LogP contribution is -2.38. The maximum absolute atomic E-state index is 13.1. The minimum atomic E-state index is -3.72. The Balaban J connectivity index is 0.00000243. The number of benzene rings is 2. The van der Waals surface area contributed by atoms with Crippen molar-refractivity contribution in [1.29, 1.82) is 0 Å². The summed E-state index contributed by atoms with van der Waals surface area (Å²) in [5.74, 6) is 0. The van der Waals surface area contributed by atoms with Gasteiger partial charge in [0.2, 0.25) is 0 Å². The van der Waals surface area contributed by atoms with E-state index in [1.54, 1.807) is 24.3 Å². The van der Waals surface area contributed by atoms with Gasteiger partial charge >= 0.3 is 10.2 Å². The van der Waals surface area contributed by atoms with Crippen LogP contribution in [0.5, 0.6) is 0 Å². The first-order valence-corrected chi connectivity index (χ1v) is 9.81. The zero-order valence-corrected chi connectivity index (χ0v) is 16.2. The van der Waals surface area contributed by atoms with Gasteiger partial charge < -0.3 is 10.4 Å². The Labute approximate surface area is 161 Å². The van der Waals surface area contributed by atoms with Gasteiger partial charge in [-0.2, -0.15) is 8.42 Å². The van der Waals surface area contributed by atoms with Crippen LogP contribution in [0.1, 0.15) is 13.3 Å². The summed E-state index contributed by atoms with van der Waals surface area (Å²) in [7, 11) is -3.72. The topological polar surface area (TPSA) is 72.9 Å². The predicted molar refractivity (Wildman–Crippen MR) is 108 cm³/mol. The molecule has 0 saturated heterocycles. The molecule has 1 atom stereocenters. The molecular formula is C18H24ClN3O3S. The molecule has 0 spiro atoms. The molecule has 0 radical (unpaired) electrons. The Bertz CT molecular complexity index is 817. The van der Waals surface area contributed by atoms with Crippen LogP contribution in [0.2, 0.25) is 0 Å². The molecule has 3 rings (SSSR count). The van der Waals surface area contributed by atoms with Gasteiger partial charge in [0.1, 0.15) is 0 Å². The molecule has 142 valence electrons. The van der Waals surface area contributed by atoms with E-state index in [1.165, 1.54) is 8.61 Å². The number of fused-ring (bicyclic) bond motifs is 1. The van der Waals surface area contributed by atoms with Gasteiger partial charge in [-0.1, -0.05) is 37.3 Å². The predicted octanol–water partition coefficient (Wildman–Crippen LogP) is 2.67. The molecule has 1 aliphatic heterocycles. The lowest BCUT2D eigenvalue weighted by molar-refractivity contribution is 0.165. The number of nitrogens with zero attached hydrogens (tertiary/aromatic N) is 2. The van der Waals surface area contributed by atoms with Gasteiger partial charge in [0.15, 0.2) is 0 Å². The zero-order chi connectivity index (χ0) is 17.9. The van der Waals surface area contributed by atoms with Crippen LogP contribution in [0.4, 0.5) is 17.1 Å². The van der Waals surface area contributed by atoms with Crippen LogP contribution in [0, 0.1) is 0 Å². The quantitative estimate of drug-likeness (QED) is 0.753. The monoisotopic (exact) mass is 397 g/mol. The molecule has 26 heavy (non-hydrogen) atoms. The second kappa shape index (κ2) is 8.73. The number of likely N-dealkylation sites (N-methyl/N-ethyl adjacent to an activating group) is 1. The molecule has 0 saturated carbocycles. The van der Waals surface area contributed by atoms with Gasteiger partial charge in [-0.25, -0.2) is 4.31 Å². The number of aliphatic hydroxyl groups is 1. The van der Waals surface area contributed by atoms with Crippen LogP contribution in [-0.2, 0) is 10.2 Å². The summed E-state index contributed by atoms with van der Waals surface area (Å²) >= 11 is 0. The van der Waals surface area contributed by atoms with Gasteiger partial charge in [-0.3, -0.25) is 4.31 Å². The smallest absolute Gasteiger partial charge is 0.330 e. The average Bonchev–Trinajstić information content (AvgIpc) is 2.84. The molecule has 2 aromatic rings. The molecule has 0 fully saturated rings. The highest BCUT2D eigenvalue weighted by Gasteiger charge is 2.40. The normalized spacial score (nSPS) is 16.1. The first-order chi connectivity index (χ1) is 12.1. The third-order valence-corrected chi connectivity index (χ3v) is 5.97. The van der Waals surface area contributed by atoms with Crippen LogP contribution >= 0.6 is 12.4 Å². The van der Waals surface area contributed by atoms with Crippen molar-refractivity contribution in [3.8, 4) is 0 Å². The highest BCUT2D eigenvalue weighted by atomic mass is 35.5. The fraction of sp³-hybridized carbons (Fsp3) is 0.333. The van der Waals surface area contributed by atoms with E-state index in [9.17, 15) is 13.5 Å². The van der Waals surface area contributed by atoms with Crippen molar-refractivity contribution >= 4 is 39.7 Å². The maximum Gasteiger partial charge on any atom is 0.330 e. The number of rotatable bonds is 7. The molecule has 2 aromatic carbocycles. The average molecular weight is 398 g/mol. The number of aliphatic hydroxyl groups excluding tert-OH is 1. The Hall–Kier alpha value is -1.80. The van der Waals surface area contributed by atoms with E-state index in [1.807, 2.05) is 37.3 Å². The van der Waals surface area contributed by atoms with Gasteiger partial charge in [0.25, 0.3) is 0 Å². The molecule has 2 N–H and O–H groups in total. The van der Waals surface area contributed by atoms with Crippen LogP contribution in [0.25, 0.3) is 0 Å². The second-order valence-electron chi connectivity index (χ2n) is 5.92.